The first-order chi connectivity index (χ1) is 8.40. The number of carbonyl (C=O) groups is 1. The Hall–Kier alpha value is -1.40. The van der Waals surface area contributed by atoms with Crippen molar-refractivity contribution < 1.29 is 18.3 Å². The molecule has 0 amide bonds. The van der Waals surface area contributed by atoms with Crippen LogP contribution >= 0.6 is 0 Å². The average Bonchev–Trinajstić information content (AvgIpc) is 2.27. The molecule has 0 aromatic heterocycles. The van der Waals surface area contributed by atoms with Crippen LogP contribution in [0.5, 0.6) is 0 Å². The van der Waals surface area contributed by atoms with E-state index >= 15 is 0 Å². The van der Waals surface area contributed by atoms with Gasteiger partial charge in [-0.3, -0.25) is 0 Å². The maximum absolute atomic E-state index is 10.9. The molecule has 0 saturated carbocycles. The van der Waals surface area contributed by atoms with Gasteiger partial charge in [-0.1, -0.05) is 18.2 Å². The minimum atomic E-state index is -2.95. The minimum absolute atomic E-state index is 0.0909. The van der Waals surface area contributed by atoms with E-state index in [-0.39, 0.29) is 5.75 Å². The number of hydrogen-bond acceptors (Lipinski definition) is 4. The van der Waals surface area contributed by atoms with Crippen LogP contribution in [0.15, 0.2) is 24.3 Å². The van der Waals surface area contributed by atoms with Gasteiger partial charge in [0.15, 0.2) is 0 Å². The van der Waals surface area contributed by atoms with Crippen LogP contribution in [-0.4, -0.2) is 44.6 Å². The van der Waals surface area contributed by atoms with Gasteiger partial charge in [-0.15, -0.1) is 0 Å². The van der Waals surface area contributed by atoms with E-state index in [1.54, 1.807) is 24.3 Å². The number of rotatable bonds is 7. The maximum Gasteiger partial charge on any atom is 0.335 e. The second-order valence-electron chi connectivity index (χ2n) is 4.09. The van der Waals surface area contributed by atoms with Gasteiger partial charge in [-0.05, 0) is 24.6 Å². The van der Waals surface area contributed by atoms with Crippen LogP contribution in [0.1, 0.15) is 15.9 Å². The maximum atomic E-state index is 10.9. The van der Waals surface area contributed by atoms with Crippen molar-refractivity contribution in [2.75, 3.05) is 25.1 Å². The number of sulfone groups is 1. The predicted octanol–water partition coefficient (Wildman–Crippen LogP) is 0.561. The molecule has 0 radical (unpaired) electrons. The van der Waals surface area contributed by atoms with Crippen molar-refractivity contribution in [3.05, 3.63) is 35.4 Å². The van der Waals surface area contributed by atoms with E-state index in [4.69, 9.17) is 5.11 Å². The molecule has 5 nitrogen and oxygen atoms in total. The lowest BCUT2D eigenvalue weighted by molar-refractivity contribution is 0.0695. The van der Waals surface area contributed by atoms with Crippen molar-refractivity contribution in [3.8, 4) is 0 Å². The summed E-state index contributed by atoms with van der Waals surface area (Å²) in [7, 11) is -2.95. The zero-order valence-corrected chi connectivity index (χ0v) is 11.0. The van der Waals surface area contributed by atoms with Gasteiger partial charge in [0.05, 0.1) is 11.3 Å². The number of benzene rings is 1. The molecule has 0 aliphatic rings. The Balaban J connectivity index is 2.42. The van der Waals surface area contributed by atoms with Crippen LogP contribution in [0.3, 0.4) is 0 Å². The van der Waals surface area contributed by atoms with E-state index in [9.17, 15) is 13.2 Å². The van der Waals surface area contributed by atoms with Gasteiger partial charge in [-0.2, -0.15) is 0 Å². The molecule has 0 saturated heterocycles. The lowest BCUT2D eigenvalue weighted by Gasteiger charge is -2.07. The molecular weight excluding hydrogens is 254 g/mol. The Kier molecular flexibility index (Phi) is 5.30. The van der Waals surface area contributed by atoms with Crippen LogP contribution < -0.4 is 5.32 Å². The molecule has 0 unspecified atom stereocenters. The SMILES string of the molecule is CS(=O)(=O)CCNCCc1ccccc1C(=O)O. The van der Waals surface area contributed by atoms with Gasteiger partial charge in [0.25, 0.3) is 0 Å². The summed E-state index contributed by atoms with van der Waals surface area (Å²) in [6, 6.07) is 6.80. The normalized spacial score (nSPS) is 11.4. The van der Waals surface area contributed by atoms with E-state index in [2.05, 4.69) is 5.32 Å². The van der Waals surface area contributed by atoms with Crippen molar-refractivity contribution in [1.29, 1.82) is 0 Å². The smallest absolute Gasteiger partial charge is 0.335 e. The van der Waals surface area contributed by atoms with Crippen LogP contribution in [0.25, 0.3) is 0 Å². The standard InChI is InChI=1S/C12H17NO4S/c1-18(16,17)9-8-13-7-6-10-4-2-3-5-11(10)12(14)15/h2-5,13H,6-9H2,1H3,(H,14,15). The quantitative estimate of drug-likeness (QED) is 0.708. The summed E-state index contributed by atoms with van der Waals surface area (Å²) in [5.41, 5.74) is 1.04. The highest BCUT2D eigenvalue weighted by molar-refractivity contribution is 7.90. The van der Waals surface area contributed by atoms with Crippen molar-refractivity contribution >= 4 is 15.8 Å². The van der Waals surface area contributed by atoms with Crippen molar-refractivity contribution in [2.45, 2.75) is 6.42 Å². The highest BCUT2D eigenvalue weighted by atomic mass is 32.2. The van der Waals surface area contributed by atoms with Crippen molar-refractivity contribution in [2.24, 2.45) is 0 Å². The number of carboxylic acids is 1. The Bertz CT molecular complexity index is 511. The van der Waals surface area contributed by atoms with Gasteiger partial charge in [0.2, 0.25) is 0 Å². The fraction of sp³-hybridized carbons (Fsp3) is 0.417. The Morgan fingerprint density at radius 1 is 1.28 bits per heavy atom. The molecule has 0 aliphatic heterocycles. The van der Waals surface area contributed by atoms with E-state index in [0.29, 0.717) is 25.1 Å². The molecule has 100 valence electrons. The highest BCUT2D eigenvalue weighted by Gasteiger charge is 2.08. The fourth-order valence-corrected chi connectivity index (χ4v) is 2.07. The van der Waals surface area contributed by atoms with Crippen molar-refractivity contribution in [3.63, 3.8) is 0 Å². The molecule has 0 spiro atoms. The van der Waals surface area contributed by atoms with Crippen molar-refractivity contribution in [1.82, 2.24) is 5.32 Å². The summed E-state index contributed by atoms with van der Waals surface area (Å²) >= 11 is 0. The summed E-state index contributed by atoms with van der Waals surface area (Å²) in [6.45, 7) is 0.938. The molecule has 1 aromatic carbocycles. The number of carboxylic acid groups (broad SMARTS) is 1. The lowest BCUT2D eigenvalue weighted by Crippen LogP contribution is -2.24. The number of nitrogens with one attached hydrogen (secondary N) is 1. The summed E-state index contributed by atoms with van der Waals surface area (Å²) < 4.78 is 21.8. The molecule has 0 heterocycles. The molecule has 2 N–H and O–H groups in total. The highest BCUT2D eigenvalue weighted by Crippen LogP contribution is 2.08. The Morgan fingerprint density at radius 3 is 2.56 bits per heavy atom. The second kappa shape index (κ2) is 6.51. The van der Waals surface area contributed by atoms with Gasteiger partial charge in [0.1, 0.15) is 9.84 Å². The second-order valence-corrected chi connectivity index (χ2v) is 6.35. The first-order valence-electron chi connectivity index (χ1n) is 5.60. The molecule has 18 heavy (non-hydrogen) atoms. The van der Waals surface area contributed by atoms with Gasteiger partial charge < -0.3 is 10.4 Å². The third kappa shape index (κ3) is 5.29. The molecule has 0 aliphatic carbocycles. The van der Waals surface area contributed by atoms with E-state index in [1.165, 1.54) is 6.26 Å². The zero-order valence-electron chi connectivity index (χ0n) is 10.2. The van der Waals surface area contributed by atoms with E-state index < -0.39 is 15.8 Å². The summed E-state index contributed by atoms with van der Waals surface area (Å²) in [5.74, 6) is -0.852. The lowest BCUT2D eigenvalue weighted by atomic mass is 10.0. The monoisotopic (exact) mass is 271 g/mol. The minimum Gasteiger partial charge on any atom is -0.478 e. The number of aromatic carboxylic acids is 1. The zero-order chi connectivity index (χ0) is 13.6. The number of hydrogen-bond donors (Lipinski definition) is 2. The third-order valence-corrected chi connectivity index (χ3v) is 3.41. The molecule has 1 aromatic rings. The summed E-state index contributed by atoms with van der Waals surface area (Å²) in [4.78, 5) is 10.9. The average molecular weight is 271 g/mol. The van der Waals surface area contributed by atoms with Crippen LogP contribution in [-0.2, 0) is 16.3 Å². The molecule has 6 heteroatoms. The van der Waals surface area contributed by atoms with Gasteiger partial charge in [-0.25, -0.2) is 13.2 Å². The first kappa shape index (κ1) is 14.7. The van der Waals surface area contributed by atoms with Gasteiger partial charge >= 0.3 is 5.97 Å². The molecule has 0 bridgehead atoms. The molecule has 0 atom stereocenters. The molecule has 1 rings (SSSR count). The van der Waals surface area contributed by atoms with E-state index in [1.807, 2.05) is 0 Å². The predicted molar refractivity (Wildman–Crippen MR) is 69.7 cm³/mol. The third-order valence-electron chi connectivity index (χ3n) is 2.47. The largest absolute Gasteiger partial charge is 0.478 e. The van der Waals surface area contributed by atoms with Crippen LogP contribution in [0.4, 0.5) is 0 Å². The van der Waals surface area contributed by atoms with Crippen LogP contribution in [0.2, 0.25) is 0 Å². The first-order valence-corrected chi connectivity index (χ1v) is 7.66. The molecular formula is C12H17NO4S. The fourth-order valence-electron chi connectivity index (χ4n) is 1.55. The van der Waals surface area contributed by atoms with E-state index in [0.717, 1.165) is 5.56 Å². The topological polar surface area (TPSA) is 83.5 Å². The Labute approximate surface area is 107 Å². The summed E-state index contributed by atoms with van der Waals surface area (Å²) in [6.07, 6.45) is 1.75. The molecule has 0 fully saturated rings. The van der Waals surface area contributed by atoms with Gasteiger partial charge in [0, 0.05) is 12.8 Å². The Morgan fingerprint density at radius 2 is 1.94 bits per heavy atom. The summed E-state index contributed by atoms with van der Waals surface area (Å²) in [5, 5.41) is 12.0. The van der Waals surface area contributed by atoms with Crippen LogP contribution in [0, 0.1) is 0 Å².